The van der Waals surface area contributed by atoms with Crippen molar-refractivity contribution in [2.45, 2.75) is 42.2 Å². The summed E-state index contributed by atoms with van der Waals surface area (Å²) < 4.78 is 26.2. The second-order valence-electron chi connectivity index (χ2n) is 7.01. The molecule has 4 nitrogen and oxygen atoms in total. The van der Waals surface area contributed by atoms with Gasteiger partial charge in [-0.3, -0.25) is 4.79 Å². The Morgan fingerprint density at radius 3 is 2.25 bits per heavy atom. The zero-order valence-electron chi connectivity index (χ0n) is 15.6. The molecule has 3 aromatic rings. The van der Waals surface area contributed by atoms with Gasteiger partial charge in [-0.25, -0.2) is 8.42 Å². The van der Waals surface area contributed by atoms with Crippen molar-refractivity contribution in [2.24, 2.45) is 0 Å². The van der Waals surface area contributed by atoms with Crippen molar-refractivity contribution in [3.8, 4) is 0 Å². The first-order valence-corrected chi connectivity index (χ1v) is 11.0. The van der Waals surface area contributed by atoms with E-state index in [1.165, 1.54) is 5.56 Å². The van der Waals surface area contributed by atoms with Crippen molar-refractivity contribution in [1.29, 1.82) is 0 Å². The molecule has 0 aliphatic rings. The van der Waals surface area contributed by atoms with Crippen LogP contribution in [0.4, 0.5) is 0 Å². The minimum atomic E-state index is -3.71. The van der Waals surface area contributed by atoms with Gasteiger partial charge in [0.25, 0.3) is 0 Å². The number of benzene rings is 3. The largest absolute Gasteiger partial charge is 0.481 e. The van der Waals surface area contributed by atoms with Crippen LogP contribution in [0.3, 0.4) is 0 Å². The molecule has 0 aliphatic heterocycles. The maximum atomic E-state index is 13.1. The maximum absolute atomic E-state index is 13.1. The lowest BCUT2D eigenvalue weighted by Gasteiger charge is -2.16. The minimum absolute atomic E-state index is 0.195. The highest BCUT2D eigenvalue weighted by molar-refractivity contribution is 7.92. The van der Waals surface area contributed by atoms with Gasteiger partial charge in [0.2, 0.25) is 0 Å². The molecule has 0 aromatic heterocycles. The smallest absolute Gasteiger partial charge is 0.304 e. The third-order valence-corrected chi connectivity index (χ3v) is 7.17. The van der Waals surface area contributed by atoms with Crippen LogP contribution in [0.2, 0.25) is 0 Å². The molecule has 0 heterocycles. The van der Waals surface area contributed by atoms with Gasteiger partial charge >= 0.3 is 5.97 Å². The second kappa shape index (κ2) is 9.02. The zero-order chi connectivity index (χ0) is 20.0. The third-order valence-electron chi connectivity index (χ3n) is 4.97. The van der Waals surface area contributed by atoms with Crippen molar-refractivity contribution < 1.29 is 18.3 Å². The van der Waals surface area contributed by atoms with Crippen LogP contribution in [-0.4, -0.2) is 24.7 Å². The highest BCUT2D eigenvalue weighted by atomic mass is 32.2. The van der Waals surface area contributed by atoms with E-state index in [1.807, 2.05) is 54.6 Å². The summed E-state index contributed by atoms with van der Waals surface area (Å²) in [5.41, 5.74) is 1.20. The number of carboxylic acid groups (broad SMARTS) is 1. The van der Waals surface area contributed by atoms with Crippen LogP contribution < -0.4 is 0 Å². The predicted octanol–water partition coefficient (Wildman–Crippen LogP) is 4.87. The highest BCUT2D eigenvalue weighted by Gasteiger charge is 2.29. The van der Waals surface area contributed by atoms with E-state index in [9.17, 15) is 18.3 Å². The van der Waals surface area contributed by atoms with Crippen LogP contribution >= 0.6 is 0 Å². The number of aryl methyl sites for hydroxylation is 1. The molecule has 0 spiro atoms. The maximum Gasteiger partial charge on any atom is 0.304 e. The summed E-state index contributed by atoms with van der Waals surface area (Å²) >= 11 is 0. The summed E-state index contributed by atoms with van der Waals surface area (Å²) in [6, 6.07) is 22.5. The first kappa shape index (κ1) is 20.1. The Bertz CT molecular complexity index is 1040. The van der Waals surface area contributed by atoms with Gasteiger partial charge in [0.05, 0.1) is 16.6 Å². The standard InChI is InChI=1S/C23H24O4S/c24-23(25)17-21(13-7-4-10-18-8-2-1-3-9-18)28(26,27)22-15-14-19-11-5-6-12-20(19)16-22/h1-3,5-6,8-9,11-12,14-16,21H,4,7,10,13,17H2,(H,24,25). The van der Waals surface area contributed by atoms with Gasteiger partial charge in [0, 0.05) is 0 Å². The molecule has 1 unspecified atom stereocenters. The molecule has 0 aliphatic carbocycles. The molecule has 28 heavy (non-hydrogen) atoms. The van der Waals surface area contributed by atoms with Crippen LogP contribution in [0.15, 0.2) is 77.7 Å². The summed E-state index contributed by atoms with van der Waals surface area (Å²) in [6.45, 7) is 0. The Labute approximate surface area is 165 Å². The number of sulfone groups is 1. The topological polar surface area (TPSA) is 71.4 Å². The molecule has 0 fully saturated rings. The van der Waals surface area contributed by atoms with Crippen LogP contribution in [-0.2, 0) is 21.1 Å². The summed E-state index contributed by atoms with van der Waals surface area (Å²) in [6.07, 6.45) is 2.32. The Kier molecular flexibility index (Phi) is 6.47. The molecule has 1 atom stereocenters. The number of carboxylic acids is 1. The first-order chi connectivity index (χ1) is 13.5. The average molecular weight is 397 g/mol. The molecule has 0 saturated carbocycles. The molecule has 0 radical (unpaired) electrons. The SMILES string of the molecule is O=C(O)CC(CCCCc1ccccc1)S(=O)(=O)c1ccc2ccccc2c1. The van der Waals surface area contributed by atoms with Gasteiger partial charge in [0.1, 0.15) is 0 Å². The van der Waals surface area contributed by atoms with E-state index in [-0.39, 0.29) is 11.3 Å². The normalized spacial score (nSPS) is 12.7. The van der Waals surface area contributed by atoms with Gasteiger partial charge < -0.3 is 5.11 Å². The van der Waals surface area contributed by atoms with Gasteiger partial charge in [-0.15, -0.1) is 0 Å². The number of carbonyl (C=O) groups is 1. The van der Waals surface area contributed by atoms with Crippen LogP contribution in [0.1, 0.15) is 31.2 Å². The van der Waals surface area contributed by atoms with E-state index in [2.05, 4.69) is 0 Å². The Hall–Kier alpha value is -2.66. The summed E-state index contributed by atoms with van der Waals surface area (Å²) in [5.74, 6) is -1.09. The zero-order valence-corrected chi connectivity index (χ0v) is 16.4. The summed E-state index contributed by atoms with van der Waals surface area (Å²) in [7, 11) is -3.71. The van der Waals surface area contributed by atoms with Crippen LogP contribution in [0, 0.1) is 0 Å². The fourth-order valence-corrected chi connectivity index (χ4v) is 5.22. The van der Waals surface area contributed by atoms with E-state index in [0.29, 0.717) is 12.8 Å². The average Bonchev–Trinajstić information content (AvgIpc) is 2.70. The van der Waals surface area contributed by atoms with Crippen molar-refractivity contribution >= 4 is 26.6 Å². The van der Waals surface area contributed by atoms with E-state index in [4.69, 9.17) is 0 Å². The fraction of sp³-hybridized carbons (Fsp3) is 0.261. The van der Waals surface area contributed by atoms with Crippen molar-refractivity contribution in [3.05, 3.63) is 78.4 Å². The predicted molar refractivity (Wildman–Crippen MR) is 111 cm³/mol. The quantitative estimate of drug-likeness (QED) is 0.524. The fourth-order valence-electron chi connectivity index (χ4n) is 3.44. The summed E-state index contributed by atoms with van der Waals surface area (Å²) in [5, 5.41) is 10.1. The van der Waals surface area contributed by atoms with Crippen molar-refractivity contribution in [1.82, 2.24) is 0 Å². The minimum Gasteiger partial charge on any atom is -0.481 e. The van der Waals surface area contributed by atoms with E-state index >= 15 is 0 Å². The van der Waals surface area contributed by atoms with Gasteiger partial charge in [-0.1, -0.05) is 67.1 Å². The number of aliphatic carboxylic acids is 1. The van der Waals surface area contributed by atoms with Gasteiger partial charge in [0.15, 0.2) is 9.84 Å². The lowest BCUT2D eigenvalue weighted by atomic mass is 10.1. The molecular weight excluding hydrogens is 372 g/mol. The van der Waals surface area contributed by atoms with Crippen molar-refractivity contribution in [2.75, 3.05) is 0 Å². The molecule has 1 N–H and O–H groups in total. The number of hydrogen-bond donors (Lipinski definition) is 1. The number of rotatable bonds is 9. The van der Waals surface area contributed by atoms with Gasteiger partial charge in [-0.2, -0.15) is 0 Å². The molecule has 5 heteroatoms. The summed E-state index contributed by atoms with van der Waals surface area (Å²) in [4.78, 5) is 11.5. The molecule has 0 bridgehead atoms. The third kappa shape index (κ3) is 4.98. The molecular formula is C23H24O4S. The molecule has 3 rings (SSSR count). The molecule has 0 amide bonds. The Morgan fingerprint density at radius 2 is 1.54 bits per heavy atom. The molecule has 146 valence electrons. The lowest BCUT2D eigenvalue weighted by Crippen LogP contribution is -2.25. The Balaban J connectivity index is 1.73. The van der Waals surface area contributed by atoms with E-state index in [0.717, 1.165) is 23.6 Å². The second-order valence-corrected chi connectivity index (χ2v) is 9.23. The van der Waals surface area contributed by atoms with E-state index < -0.39 is 21.1 Å². The first-order valence-electron chi connectivity index (χ1n) is 9.45. The van der Waals surface area contributed by atoms with E-state index in [1.54, 1.807) is 18.2 Å². The van der Waals surface area contributed by atoms with Crippen molar-refractivity contribution in [3.63, 3.8) is 0 Å². The number of fused-ring (bicyclic) bond motifs is 1. The highest BCUT2D eigenvalue weighted by Crippen LogP contribution is 2.26. The number of unbranched alkanes of at least 4 members (excludes halogenated alkanes) is 1. The Morgan fingerprint density at radius 1 is 0.857 bits per heavy atom. The van der Waals surface area contributed by atoms with Crippen LogP contribution in [0.5, 0.6) is 0 Å². The lowest BCUT2D eigenvalue weighted by molar-refractivity contribution is -0.137. The molecule has 3 aromatic carbocycles. The monoisotopic (exact) mass is 396 g/mol. The number of hydrogen-bond acceptors (Lipinski definition) is 3. The molecule has 0 saturated heterocycles. The van der Waals surface area contributed by atoms with Crippen LogP contribution in [0.25, 0.3) is 10.8 Å². The van der Waals surface area contributed by atoms with Gasteiger partial charge in [-0.05, 0) is 47.7 Å².